The summed E-state index contributed by atoms with van der Waals surface area (Å²) in [5, 5.41) is 0.501. The summed E-state index contributed by atoms with van der Waals surface area (Å²) in [6.07, 6.45) is 7.35. The molecule has 2 aromatic rings. The van der Waals surface area contributed by atoms with Crippen molar-refractivity contribution < 1.29 is 72.2 Å². The van der Waals surface area contributed by atoms with Gasteiger partial charge in [0, 0.05) is 94.2 Å². The van der Waals surface area contributed by atoms with E-state index < -0.39 is 74.5 Å². The number of hydrogen-bond acceptors (Lipinski definition) is 15. The lowest BCUT2D eigenvalue weighted by Crippen LogP contribution is -2.33. The molecule has 1 saturated heterocycles. The Morgan fingerprint density at radius 3 is 2.02 bits per heavy atom. The molecule has 3 aliphatic rings. The minimum absolute atomic E-state index is 0.00593. The van der Waals surface area contributed by atoms with Crippen molar-refractivity contribution in [2.45, 2.75) is 92.3 Å². The average Bonchev–Trinajstić information content (AvgIpc) is 3.71. The van der Waals surface area contributed by atoms with Gasteiger partial charge in [0.2, 0.25) is 5.69 Å². The minimum Gasteiger partial charge on any atom is -0.744 e. The van der Waals surface area contributed by atoms with Crippen LogP contribution in [0.15, 0.2) is 70.1 Å². The van der Waals surface area contributed by atoms with Crippen molar-refractivity contribution in [2.24, 2.45) is 0 Å². The van der Waals surface area contributed by atoms with Gasteiger partial charge in [-0.2, -0.15) is 13.0 Å². The van der Waals surface area contributed by atoms with Crippen LogP contribution in [-0.2, 0) is 69.9 Å². The fraction of sp³-hybridized carbons (Fsp3) is 0.500. The minimum atomic E-state index is -4.86. The molecule has 61 heavy (non-hydrogen) atoms. The van der Waals surface area contributed by atoms with Crippen LogP contribution in [-0.4, -0.2) is 118 Å². The highest BCUT2D eigenvalue weighted by atomic mass is 32.2. The molecule has 21 heteroatoms. The third-order valence-corrected chi connectivity index (χ3v) is 13.8. The predicted molar refractivity (Wildman–Crippen MR) is 218 cm³/mol. The lowest BCUT2D eigenvalue weighted by molar-refractivity contribution is -0.437. The number of unbranched alkanes of at least 4 members (excludes halogenated alkanes) is 2. The number of rotatable bonds is 21. The molecule has 5 rings (SSSR count). The number of anilines is 1. The normalized spacial score (nSPS) is 21.3. The van der Waals surface area contributed by atoms with Crippen LogP contribution in [0, 0.1) is 0 Å². The molecule has 3 aliphatic heterocycles. The van der Waals surface area contributed by atoms with Crippen LogP contribution in [0.3, 0.4) is 0 Å². The molecule has 0 radical (unpaired) electrons. The van der Waals surface area contributed by atoms with E-state index in [-0.39, 0.29) is 45.4 Å². The number of hydrogen-bond donors (Lipinski definition) is 1. The SMILES string of the molecule is COCCC1(C)C(=CC=CC2=[N+](CCCS(=O)(=O)O)c3ccc(S(=O)(=O)[O-])cc3C2(C)CCOC)N(CCCCCC(=O)ON2C(=O)CCC2=O)c2ccc(S(=O)(=O)[O-])cc21. The van der Waals surface area contributed by atoms with E-state index in [4.69, 9.17) is 14.3 Å². The second-order valence-electron chi connectivity index (χ2n) is 15.5. The Morgan fingerprint density at radius 2 is 1.43 bits per heavy atom. The van der Waals surface area contributed by atoms with Crippen molar-refractivity contribution >= 4 is 65.2 Å². The molecule has 18 nitrogen and oxygen atoms in total. The number of amides is 2. The number of methoxy groups -OCH3 is 2. The van der Waals surface area contributed by atoms with Crippen molar-refractivity contribution in [3.05, 3.63) is 71.5 Å². The molecule has 3 heterocycles. The fourth-order valence-corrected chi connectivity index (χ4v) is 9.64. The van der Waals surface area contributed by atoms with Crippen molar-refractivity contribution in [3.63, 3.8) is 0 Å². The van der Waals surface area contributed by atoms with E-state index in [0.29, 0.717) is 77.6 Å². The maximum absolute atomic E-state index is 12.4. The van der Waals surface area contributed by atoms with E-state index in [2.05, 4.69) is 0 Å². The van der Waals surface area contributed by atoms with E-state index in [0.717, 1.165) is 0 Å². The van der Waals surface area contributed by atoms with Crippen LogP contribution in [0.5, 0.6) is 0 Å². The van der Waals surface area contributed by atoms with Crippen LogP contribution < -0.4 is 4.90 Å². The van der Waals surface area contributed by atoms with Crippen LogP contribution in [0.1, 0.15) is 82.8 Å². The summed E-state index contributed by atoms with van der Waals surface area (Å²) in [4.78, 5) is 42.3. The van der Waals surface area contributed by atoms with Gasteiger partial charge in [0.1, 0.15) is 26.8 Å². The zero-order chi connectivity index (χ0) is 45.0. The van der Waals surface area contributed by atoms with Gasteiger partial charge >= 0.3 is 5.97 Å². The lowest BCUT2D eigenvalue weighted by atomic mass is 9.76. The van der Waals surface area contributed by atoms with Gasteiger partial charge in [0.15, 0.2) is 5.71 Å². The molecule has 2 amide bonds. The highest BCUT2D eigenvalue weighted by molar-refractivity contribution is 7.86. The summed E-state index contributed by atoms with van der Waals surface area (Å²) in [6, 6.07) is 8.17. The van der Waals surface area contributed by atoms with E-state index in [9.17, 15) is 53.3 Å². The van der Waals surface area contributed by atoms with Gasteiger partial charge in [0.25, 0.3) is 21.9 Å². The number of hydroxylamine groups is 2. The molecule has 0 spiro atoms. The van der Waals surface area contributed by atoms with E-state index in [1.807, 2.05) is 29.4 Å². The summed E-state index contributed by atoms with van der Waals surface area (Å²) in [5.41, 5.74) is 1.66. The van der Waals surface area contributed by atoms with Crippen LogP contribution in [0.25, 0.3) is 0 Å². The third-order valence-electron chi connectivity index (χ3n) is 11.4. The predicted octanol–water partition coefficient (Wildman–Crippen LogP) is 3.59. The molecule has 2 aromatic carbocycles. The Bertz CT molecular complexity index is 2470. The number of allylic oxidation sites excluding steroid dienone is 4. The van der Waals surface area contributed by atoms with Crippen molar-refractivity contribution in [1.82, 2.24) is 5.06 Å². The molecule has 334 valence electrons. The first-order chi connectivity index (χ1) is 28.5. The molecule has 2 atom stereocenters. The molecule has 1 fully saturated rings. The zero-order valence-corrected chi connectivity index (χ0v) is 36.8. The monoisotopic (exact) mass is 908 g/mol. The van der Waals surface area contributed by atoms with Gasteiger partial charge < -0.3 is 28.3 Å². The first-order valence-electron chi connectivity index (χ1n) is 19.6. The number of imide groups is 1. The smallest absolute Gasteiger partial charge is 0.333 e. The number of nitrogens with zero attached hydrogens (tertiary/aromatic N) is 3. The van der Waals surface area contributed by atoms with Crippen molar-refractivity contribution in [2.75, 3.05) is 51.2 Å². The van der Waals surface area contributed by atoms with Crippen molar-refractivity contribution in [3.8, 4) is 0 Å². The fourth-order valence-electron chi connectivity index (χ4n) is 8.15. The largest absolute Gasteiger partial charge is 0.744 e. The summed E-state index contributed by atoms with van der Waals surface area (Å²) in [7, 11) is -11.0. The van der Waals surface area contributed by atoms with Gasteiger partial charge in [0.05, 0.1) is 21.0 Å². The topological polar surface area (TPSA) is 257 Å². The first-order valence-corrected chi connectivity index (χ1v) is 24.0. The molecule has 1 N–H and O–H groups in total. The summed E-state index contributed by atoms with van der Waals surface area (Å²) in [5.74, 6) is -2.42. The van der Waals surface area contributed by atoms with Crippen LogP contribution in [0.2, 0.25) is 0 Å². The number of carbonyl (C=O) groups is 3. The Balaban J connectivity index is 1.55. The van der Waals surface area contributed by atoms with Crippen molar-refractivity contribution in [1.29, 1.82) is 0 Å². The summed E-state index contributed by atoms with van der Waals surface area (Å²) < 4.78 is 119. The Kier molecular flexibility index (Phi) is 14.8. The number of carbonyl (C=O) groups excluding carboxylic acids is 3. The highest BCUT2D eigenvalue weighted by Gasteiger charge is 2.48. The summed E-state index contributed by atoms with van der Waals surface area (Å²) in [6.45, 7) is 4.68. The van der Waals surface area contributed by atoms with Crippen LogP contribution in [0.4, 0.5) is 11.4 Å². The van der Waals surface area contributed by atoms with Gasteiger partial charge in [-0.15, -0.1) is 5.06 Å². The first kappa shape index (κ1) is 47.7. The standard InChI is InChI=1S/C40H51N3O15S3/c1-39(19-23-56-3)30-26-28(60(50,51)52)13-15-32(30)41(21-7-5-6-12-38(46)58-43-36(44)17-18-37(43)45)34(39)10-8-11-35-40(2,20-24-57-4)31-27-29(61(53,54)55)14-16-33(31)42(35)22-9-25-59(47,48)49/h8,10-11,13-16,26-27H,5-7,9,12,17-25H2,1-4H3,(H2-,47,48,49,50,51,52,53,54,55)/p-1. The zero-order valence-electron chi connectivity index (χ0n) is 34.3. The van der Waals surface area contributed by atoms with Gasteiger partial charge in [-0.1, -0.05) is 12.5 Å². The number of fused-ring (bicyclic) bond motifs is 2. The second kappa shape index (κ2) is 19.0. The molecule has 0 saturated carbocycles. The van der Waals surface area contributed by atoms with Crippen LogP contribution >= 0.6 is 0 Å². The van der Waals surface area contributed by atoms with Gasteiger partial charge in [-0.3, -0.25) is 14.1 Å². The highest BCUT2D eigenvalue weighted by Crippen LogP contribution is 2.51. The molecular weight excluding hydrogens is 859 g/mol. The van der Waals surface area contributed by atoms with E-state index in [1.54, 1.807) is 18.2 Å². The number of ether oxygens (including phenoxy) is 2. The molecule has 2 unspecified atom stereocenters. The van der Waals surface area contributed by atoms with E-state index in [1.165, 1.54) is 44.6 Å². The Labute approximate surface area is 356 Å². The van der Waals surface area contributed by atoms with Gasteiger partial charge in [-0.25, -0.2) is 21.6 Å². The average molecular weight is 909 g/mol. The molecular formula is C40H50N3O15S3-. The summed E-state index contributed by atoms with van der Waals surface area (Å²) >= 11 is 0. The maximum Gasteiger partial charge on any atom is 0.333 e. The maximum atomic E-state index is 12.4. The second-order valence-corrected chi connectivity index (χ2v) is 19.8. The lowest BCUT2D eigenvalue weighted by Gasteiger charge is -2.30. The number of benzene rings is 2. The quantitative estimate of drug-likeness (QED) is 0.0812. The van der Waals surface area contributed by atoms with E-state index >= 15 is 0 Å². The molecule has 0 aliphatic carbocycles. The Hall–Kier alpha value is -4.35. The molecule has 0 bridgehead atoms. The van der Waals surface area contributed by atoms with Gasteiger partial charge in [-0.05, 0) is 81.5 Å². The Morgan fingerprint density at radius 1 is 0.836 bits per heavy atom. The third kappa shape index (κ3) is 10.8. The molecule has 0 aromatic heterocycles.